The Morgan fingerprint density at radius 1 is 0.852 bits per heavy atom. The number of halogens is 3. The quantitative estimate of drug-likeness (QED) is 0.464. The van der Waals surface area contributed by atoms with Crippen molar-refractivity contribution in [2.24, 2.45) is 58.2 Å². The van der Waals surface area contributed by atoms with E-state index >= 15 is 0 Å². The van der Waals surface area contributed by atoms with Crippen LogP contribution in [0.25, 0.3) is 0 Å². The highest BCUT2D eigenvalue weighted by Crippen LogP contribution is 2.76. The fourth-order valence-corrected chi connectivity index (χ4v) is 9.53. The molecular weight excluding hydrogens is 345 g/mol. The molecule has 0 spiro atoms. The predicted molar refractivity (Wildman–Crippen MR) is 102 cm³/mol. The number of hydrogen-bond donors (Lipinski definition) is 0. The van der Waals surface area contributed by atoms with Gasteiger partial charge >= 0.3 is 6.18 Å². The Hall–Kier alpha value is -0.210. The lowest BCUT2D eigenvalue weighted by atomic mass is 9.43. The van der Waals surface area contributed by atoms with Gasteiger partial charge in [-0.25, -0.2) is 0 Å². The van der Waals surface area contributed by atoms with E-state index in [-0.39, 0.29) is 5.41 Å². The summed E-state index contributed by atoms with van der Waals surface area (Å²) in [6.07, 6.45) is 6.73. The van der Waals surface area contributed by atoms with Crippen LogP contribution < -0.4 is 0 Å². The smallest absolute Gasteiger partial charge is 0.171 e. The first kappa shape index (κ1) is 18.8. The topological polar surface area (TPSA) is 0 Å². The van der Waals surface area contributed by atoms with Gasteiger partial charge in [0.15, 0.2) is 0 Å². The Labute approximate surface area is 163 Å². The summed E-state index contributed by atoms with van der Waals surface area (Å²) >= 11 is 0. The first-order valence-corrected chi connectivity index (χ1v) is 11.8. The second kappa shape index (κ2) is 5.91. The first-order chi connectivity index (χ1) is 12.7. The monoisotopic (exact) mass is 382 g/mol. The molecule has 0 nitrogen and oxygen atoms in total. The summed E-state index contributed by atoms with van der Waals surface area (Å²) in [6, 6.07) is 0. The highest BCUT2D eigenvalue weighted by Gasteiger charge is 2.70. The van der Waals surface area contributed by atoms with Crippen molar-refractivity contribution in [2.45, 2.75) is 91.2 Å². The summed E-state index contributed by atoms with van der Waals surface area (Å²) in [4.78, 5) is 0. The molecule has 0 radical (unpaired) electrons. The molecule has 0 bridgehead atoms. The van der Waals surface area contributed by atoms with E-state index in [1.165, 1.54) is 38.5 Å². The Bertz CT molecular complexity index is 597. The Morgan fingerprint density at radius 2 is 1.59 bits per heavy atom. The lowest BCUT2D eigenvalue weighted by Crippen LogP contribution is -2.55. The van der Waals surface area contributed by atoms with Crippen molar-refractivity contribution in [3.8, 4) is 0 Å². The minimum absolute atomic E-state index is 0.180. The van der Waals surface area contributed by atoms with Crippen molar-refractivity contribution < 1.29 is 13.2 Å². The zero-order valence-electron chi connectivity index (χ0n) is 17.3. The Balaban J connectivity index is 1.39. The van der Waals surface area contributed by atoms with E-state index in [1.54, 1.807) is 0 Å². The largest absolute Gasteiger partial charge is 0.391 e. The van der Waals surface area contributed by atoms with Gasteiger partial charge in [-0.2, -0.15) is 13.2 Å². The molecule has 0 aromatic heterocycles. The van der Waals surface area contributed by atoms with Crippen molar-refractivity contribution in [1.82, 2.24) is 0 Å². The molecule has 0 aromatic rings. The molecule has 5 aliphatic rings. The van der Waals surface area contributed by atoms with Gasteiger partial charge < -0.3 is 0 Å². The molecule has 0 aliphatic heterocycles. The molecule has 0 aromatic carbocycles. The molecule has 5 saturated carbocycles. The number of hydrogen-bond acceptors (Lipinski definition) is 0. The van der Waals surface area contributed by atoms with Crippen LogP contribution in [0.2, 0.25) is 0 Å². The minimum Gasteiger partial charge on any atom is -0.171 e. The van der Waals surface area contributed by atoms with Crippen LogP contribution in [0.15, 0.2) is 0 Å². The first-order valence-electron chi connectivity index (χ1n) is 11.8. The van der Waals surface area contributed by atoms with Gasteiger partial charge in [-0.05, 0) is 110 Å². The third kappa shape index (κ3) is 2.54. The molecule has 10 atom stereocenters. The zero-order valence-corrected chi connectivity index (χ0v) is 17.3. The summed E-state index contributed by atoms with van der Waals surface area (Å²) < 4.78 is 40.1. The minimum atomic E-state index is -3.98. The van der Waals surface area contributed by atoms with Crippen LogP contribution in [0.4, 0.5) is 13.2 Å². The molecule has 0 amide bonds. The van der Waals surface area contributed by atoms with Crippen LogP contribution in [0.3, 0.4) is 0 Å². The molecule has 5 rings (SSSR count). The Kier molecular flexibility index (Phi) is 4.11. The van der Waals surface area contributed by atoms with E-state index in [1.807, 2.05) is 0 Å². The van der Waals surface area contributed by atoms with Gasteiger partial charge in [0, 0.05) is 0 Å². The second-order valence-corrected chi connectivity index (χ2v) is 11.6. The van der Waals surface area contributed by atoms with Crippen LogP contribution in [0.5, 0.6) is 0 Å². The van der Waals surface area contributed by atoms with Crippen molar-refractivity contribution >= 4 is 0 Å². The predicted octanol–water partition coefficient (Wildman–Crippen LogP) is 7.48. The van der Waals surface area contributed by atoms with Crippen LogP contribution in [-0.4, -0.2) is 6.18 Å². The maximum Gasteiger partial charge on any atom is 0.391 e. The van der Waals surface area contributed by atoms with Gasteiger partial charge in [0.05, 0.1) is 5.92 Å². The fourth-order valence-electron chi connectivity index (χ4n) is 9.53. The van der Waals surface area contributed by atoms with Crippen LogP contribution in [0, 0.1) is 58.2 Å². The summed E-state index contributed by atoms with van der Waals surface area (Å²) in [5.41, 5.74) is 0.719. The van der Waals surface area contributed by atoms with Gasteiger partial charge in [0.25, 0.3) is 0 Å². The summed E-state index contributed by atoms with van der Waals surface area (Å²) in [6.45, 7) is 7.34. The van der Waals surface area contributed by atoms with Gasteiger partial charge in [-0.15, -0.1) is 0 Å². The van der Waals surface area contributed by atoms with Gasteiger partial charge in [0.2, 0.25) is 0 Å². The average Bonchev–Trinajstić information content (AvgIpc) is 3.32. The summed E-state index contributed by atoms with van der Waals surface area (Å²) in [7, 11) is 0. The van der Waals surface area contributed by atoms with E-state index in [0.29, 0.717) is 30.1 Å². The molecule has 5 aliphatic carbocycles. The number of fused-ring (bicyclic) bond motifs is 7. The van der Waals surface area contributed by atoms with E-state index < -0.39 is 12.1 Å². The van der Waals surface area contributed by atoms with E-state index in [9.17, 15) is 13.2 Å². The lowest BCUT2D eigenvalue weighted by molar-refractivity contribution is -0.208. The van der Waals surface area contributed by atoms with Gasteiger partial charge in [-0.3, -0.25) is 0 Å². The number of rotatable bonds is 2. The maximum atomic E-state index is 13.4. The molecule has 0 heterocycles. The maximum absolute atomic E-state index is 13.4. The third-order valence-electron chi connectivity index (χ3n) is 10.7. The highest BCUT2D eigenvalue weighted by molar-refractivity contribution is 5.18. The number of alkyl halides is 3. The molecule has 5 fully saturated rings. The SMILES string of the molecule is CCCC1[C@H]2C[C@H]2C2[C@@H]3CC[C@@H]4C[C@@H](C(F)(F)F)CC[C@]4(C)C3CC[C@]12C. The van der Waals surface area contributed by atoms with Gasteiger partial charge in [-0.1, -0.05) is 27.2 Å². The molecule has 27 heavy (non-hydrogen) atoms. The third-order valence-corrected chi connectivity index (χ3v) is 10.7. The molecule has 154 valence electrons. The summed E-state index contributed by atoms with van der Waals surface area (Å²) in [5, 5.41) is 0. The molecule has 0 N–H and O–H groups in total. The molecule has 3 heteroatoms. The molecule has 0 saturated heterocycles. The highest BCUT2D eigenvalue weighted by atomic mass is 19.4. The van der Waals surface area contributed by atoms with Crippen LogP contribution >= 0.6 is 0 Å². The van der Waals surface area contributed by atoms with Gasteiger partial charge in [0.1, 0.15) is 0 Å². The molecular formula is C24H37F3. The van der Waals surface area contributed by atoms with Crippen molar-refractivity contribution in [3.63, 3.8) is 0 Å². The summed E-state index contributed by atoms with van der Waals surface area (Å²) in [5.74, 6) is 4.56. The van der Waals surface area contributed by atoms with Crippen LogP contribution in [-0.2, 0) is 0 Å². The van der Waals surface area contributed by atoms with Crippen LogP contribution in [0.1, 0.15) is 85.0 Å². The zero-order chi connectivity index (χ0) is 19.2. The lowest BCUT2D eigenvalue weighted by Gasteiger charge is -2.62. The van der Waals surface area contributed by atoms with Crippen molar-refractivity contribution in [1.29, 1.82) is 0 Å². The Morgan fingerprint density at radius 3 is 2.30 bits per heavy atom. The fraction of sp³-hybridized carbons (Fsp3) is 1.00. The van der Waals surface area contributed by atoms with Crippen molar-refractivity contribution in [2.75, 3.05) is 0 Å². The standard InChI is InChI=1S/C24H37F3/c1-4-5-19-17-13-18(17)21-16-7-6-14-12-15(24(25,26)27)8-10-22(14,2)20(16)9-11-23(19,21)3/h14-21H,4-13H2,1-3H3/t14-,15+,16-,17+,18-,19?,20?,21?,22+,23-/m1/s1. The van der Waals surface area contributed by atoms with E-state index in [2.05, 4.69) is 20.8 Å². The second-order valence-electron chi connectivity index (χ2n) is 11.6. The van der Waals surface area contributed by atoms with E-state index in [0.717, 1.165) is 42.4 Å². The normalized spacial score (nSPS) is 56.7. The van der Waals surface area contributed by atoms with E-state index in [4.69, 9.17) is 0 Å². The van der Waals surface area contributed by atoms with Crippen molar-refractivity contribution in [3.05, 3.63) is 0 Å². The molecule has 3 unspecified atom stereocenters. The average molecular weight is 383 g/mol.